The highest BCUT2D eigenvalue weighted by Gasteiger charge is 2.27. The summed E-state index contributed by atoms with van der Waals surface area (Å²) in [6.45, 7) is 1.88. The van der Waals surface area contributed by atoms with Crippen LogP contribution in [-0.4, -0.2) is 39.9 Å². The van der Waals surface area contributed by atoms with Gasteiger partial charge in [0.05, 0.1) is 29.7 Å². The summed E-state index contributed by atoms with van der Waals surface area (Å²) < 4.78 is 38.4. The van der Waals surface area contributed by atoms with Gasteiger partial charge in [-0.25, -0.2) is 13.8 Å². The number of amides is 1. The number of hydrazone groups is 1. The molecular formula is C22H23N3O5S2. The predicted octanol–water partition coefficient (Wildman–Crippen LogP) is 3.75. The lowest BCUT2D eigenvalue weighted by atomic mass is 10.3. The third-order valence-electron chi connectivity index (χ3n) is 4.29. The molecule has 3 rings (SSSR count). The molecule has 0 atom stereocenters. The van der Waals surface area contributed by atoms with Gasteiger partial charge in [0, 0.05) is 4.90 Å². The number of carbonyl (C=O) groups excluding carboxylic acids is 1. The zero-order valence-electron chi connectivity index (χ0n) is 17.6. The van der Waals surface area contributed by atoms with Crippen LogP contribution in [0.3, 0.4) is 0 Å². The zero-order chi connectivity index (χ0) is 23.0. The van der Waals surface area contributed by atoms with Gasteiger partial charge in [-0.3, -0.25) is 9.10 Å². The number of nitrogens with zero attached hydrogens (tertiary/aromatic N) is 2. The van der Waals surface area contributed by atoms with Gasteiger partial charge in [0.25, 0.3) is 15.9 Å². The van der Waals surface area contributed by atoms with Gasteiger partial charge < -0.3 is 9.15 Å². The number of thioether (sulfide) groups is 1. The third-order valence-corrected chi connectivity index (χ3v) is 6.83. The SMILES string of the molecule is CCOc1ccc(N(CC(=O)N/N=C\c2ccco2)S(=O)(=O)c2ccc(SC)cc2)cc1. The van der Waals surface area contributed by atoms with Crippen LogP contribution in [0.5, 0.6) is 5.75 Å². The van der Waals surface area contributed by atoms with Crippen molar-refractivity contribution in [3.8, 4) is 5.75 Å². The number of sulfonamides is 1. The number of rotatable bonds is 10. The maximum absolute atomic E-state index is 13.4. The topological polar surface area (TPSA) is 101 Å². The van der Waals surface area contributed by atoms with E-state index in [1.807, 2.05) is 13.2 Å². The number of hydrogen-bond acceptors (Lipinski definition) is 7. The molecule has 0 saturated heterocycles. The highest BCUT2D eigenvalue weighted by Crippen LogP contribution is 2.27. The van der Waals surface area contributed by atoms with E-state index in [2.05, 4.69) is 10.5 Å². The average Bonchev–Trinajstić information content (AvgIpc) is 3.32. The predicted molar refractivity (Wildman–Crippen MR) is 125 cm³/mol. The number of ether oxygens (including phenoxy) is 1. The van der Waals surface area contributed by atoms with Crippen molar-refractivity contribution in [2.75, 3.05) is 23.7 Å². The van der Waals surface area contributed by atoms with Gasteiger partial charge in [-0.05, 0) is 73.8 Å². The number of furan rings is 1. The van der Waals surface area contributed by atoms with Crippen molar-refractivity contribution >= 4 is 39.6 Å². The third kappa shape index (κ3) is 5.92. The Balaban J connectivity index is 1.86. The highest BCUT2D eigenvalue weighted by molar-refractivity contribution is 7.98. The van der Waals surface area contributed by atoms with Crippen LogP contribution >= 0.6 is 11.8 Å². The summed E-state index contributed by atoms with van der Waals surface area (Å²) in [5, 5.41) is 3.81. The van der Waals surface area contributed by atoms with Crippen molar-refractivity contribution in [2.24, 2.45) is 5.10 Å². The van der Waals surface area contributed by atoms with E-state index in [1.165, 1.54) is 36.4 Å². The smallest absolute Gasteiger partial charge is 0.264 e. The van der Waals surface area contributed by atoms with Gasteiger partial charge in [0.15, 0.2) is 0 Å². The van der Waals surface area contributed by atoms with E-state index in [0.717, 1.165) is 9.20 Å². The molecule has 1 N–H and O–H groups in total. The van der Waals surface area contributed by atoms with E-state index in [9.17, 15) is 13.2 Å². The molecule has 0 spiro atoms. The van der Waals surface area contributed by atoms with Crippen LogP contribution in [0.2, 0.25) is 0 Å². The molecule has 1 heterocycles. The first-order valence-electron chi connectivity index (χ1n) is 9.69. The highest BCUT2D eigenvalue weighted by atomic mass is 32.2. The van der Waals surface area contributed by atoms with Crippen LogP contribution in [0.1, 0.15) is 12.7 Å². The molecule has 1 amide bonds. The molecule has 8 nitrogen and oxygen atoms in total. The first-order valence-corrected chi connectivity index (χ1v) is 12.4. The molecule has 0 aliphatic carbocycles. The molecule has 0 radical (unpaired) electrons. The lowest BCUT2D eigenvalue weighted by molar-refractivity contribution is -0.119. The maximum Gasteiger partial charge on any atom is 0.264 e. The molecule has 168 valence electrons. The summed E-state index contributed by atoms with van der Waals surface area (Å²) in [5.74, 6) is 0.451. The zero-order valence-corrected chi connectivity index (χ0v) is 19.2. The van der Waals surface area contributed by atoms with Gasteiger partial charge in [-0.1, -0.05) is 0 Å². The second-order valence-corrected chi connectivity index (χ2v) is 9.16. The Bertz CT molecular complexity index is 1140. The summed E-state index contributed by atoms with van der Waals surface area (Å²) >= 11 is 1.51. The van der Waals surface area contributed by atoms with Crippen LogP contribution in [0, 0.1) is 0 Å². The van der Waals surface area contributed by atoms with Crippen LogP contribution in [0.4, 0.5) is 5.69 Å². The number of carbonyl (C=O) groups is 1. The summed E-state index contributed by atoms with van der Waals surface area (Å²) in [6.07, 6.45) is 4.71. The minimum absolute atomic E-state index is 0.0797. The standard InChI is InChI=1S/C22H23N3O5S2/c1-3-29-18-8-6-17(7-9-18)25(16-22(26)24-23-15-19-5-4-14-30-19)32(27,28)21-12-10-20(31-2)11-13-21/h4-15H,3,16H2,1-2H3,(H,24,26)/b23-15-. The first kappa shape index (κ1) is 23.4. The molecule has 0 unspecified atom stereocenters. The lowest BCUT2D eigenvalue weighted by Crippen LogP contribution is -2.39. The number of benzene rings is 2. The lowest BCUT2D eigenvalue weighted by Gasteiger charge is -2.24. The van der Waals surface area contributed by atoms with Crippen molar-refractivity contribution < 1.29 is 22.4 Å². The van der Waals surface area contributed by atoms with E-state index in [4.69, 9.17) is 9.15 Å². The molecular weight excluding hydrogens is 450 g/mol. The van der Waals surface area contributed by atoms with E-state index in [-0.39, 0.29) is 4.90 Å². The second-order valence-electron chi connectivity index (χ2n) is 6.42. The Kier molecular flexibility index (Phi) is 7.96. The maximum atomic E-state index is 13.4. The molecule has 10 heteroatoms. The van der Waals surface area contributed by atoms with Crippen molar-refractivity contribution in [2.45, 2.75) is 16.7 Å². The fourth-order valence-corrected chi connectivity index (χ4v) is 4.59. The van der Waals surface area contributed by atoms with E-state index >= 15 is 0 Å². The molecule has 0 aliphatic rings. The van der Waals surface area contributed by atoms with E-state index in [0.29, 0.717) is 23.8 Å². The largest absolute Gasteiger partial charge is 0.494 e. The van der Waals surface area contributed by atoms with Gasteiger partial charge >= 0.3 is 0 Å². The Morgan fingerprint density at radius 1 is 1.16 bits per heavy atom. The molecule has 0 aliphatic heterocycles. The summed E-state index contributed by atoms with van der Waals surface area (Å²) in [5.41, 5.74) is 2.66. The molecule has 0 bridgehead atoms. The quantitative estimate of drug-likeness (QED) is 0.273. The van der Waals surface area contributed by atoms with Crippen molar-refractivity contribution in [3.05, 3.63) is 72.7 Å². The fourth-order valence-electron chi connectivity index (χ4n) is 2.76. The molecule has 0 fully saturated rings. The van der Waals surface area contributed by atoms with Crippen molar-refractivity contribution in [1.29, 1.82) is 0 Å². The number of nitrogens with one attached hydrogen (secondary N) is 1. The molecule has 3 aromatic rings. The van der Waals surface area contributed by atoms with E-state index in [1.54, 1.807) is 48.5 Å². The monoisotopic (exact) mass is 473 g/mol. The normalized spacial score (nSPS) is 11.4. The molecule has 32 heavy (non-hydrogen) atoms. The Morgan fingerprint density at radius 3 is 2.47 bits per heavy atom. The Morgan fingerprint density at radius 2 is 1.88 bits per heavy atom. The first-order chi connectivity index (χ1) is 15.4. The number of hydrogen-bond donors (Lipinski definition) is 1. The van der Waals surface area contributed by atoms with Gasteiger partial charge in [0.1, 0.15) is 18.1 Å². The average molecular weight is 474 g/mol. The summed E-state index contributed by atoms with van der Waals surface area (Å²) in [4.78, 5) is 13.5. The van der Waals surface area contributed by atoms with Crippen LogP contribution in [0.25, 0.3) is 0 Å². The van der Waals surface area contributed by atoms with Crippen molar-refractivity contribution in [3.63, 3.8) is 0 Å². The summed E-state index contributed by atoms with van der Waals surface area (Å²) in [7, 11) is -4.02. The van der Waals surface area contributed by atoms with Crippen molar-refractivity contribution in [1.82, 2.24) is 5.43 Å². The Hall–Kier alpha value is -3.24. The van der Waals surface area contributed by atoms with Crippen LogP contribution < -0.4 is 14.5 Å². The van der Waals surface area contributed by atoms with Gasteiger partial charge in [0.2, 0.25) is 0 Å². The van der Waals surface area contributed by atoms with Crippen LogP contribution in [-0.2, 0) is 14.8 Å². The van der Waals surface area contributed by atoms with Crippen LogP contribution in [0.15, 0.2) is 86.2 Å². The molecule has 0 saturated carbocycles. The summed E-state index contributed by atoms with van der Waals surface area (Å²) in [6, 6.07) is 16.4. The van der Waals surface area contributed by atoms with Gasteiger partial charge in [-0.2, -0.15) is 5.10 Å². The minimum atomic E-state index is -4.02. The van der Waals surface area contributed by atoms with Gasteiger partial charge in [-0.15, -0.1) is 11.8 Å². The minimum Gasteiger partial charge on any atom is -0.494 e. The van der Waals surface area contributed by atoms with E-state index < -0.39 is 22.5 Å². The second kappa shape index (κ2) is 10.9. The number of anilines is 1. The molecule has 1 aromatic heterocycles. The fraction of sp³-hybridized carbons (Fsp3) is 0.182. The molecule has 2 aromatic carbocycles. The Labute approximate surface area is 191 Å².